The average molecular weight is 275 g/mol. The van der Waals surface area contributed by atoms with E-state index < -0.39 is 0 Å². The van der Waals surface area contributed by atoms with Crippen LogP contribution in [0.15, 0.2) is 54.7 Å². The highest BCUT2D eigenvalue weighted by molar-refractivity contribution is 5.98. The van der Waals surface area contributed by atoms with Crippen LogP contribution in [0, 0.1) is 0 Å². The molecule has 0 saturated carbocycles. The zero-order chi connectivity index (χ0) is 14.2. The number of nitrogens with zero attached hydrogens (tertiary/aromatic N) is 1. The molecule has 2 aromatic carbocycles. The van der Waals surface area contributed by atoms with Crippen molar-refractivity contribution >= 4 is 22.3 Å². The second-order valence-corrected chi connectivity index (χ2v) is 5.58. The Kier molecular flexibility index (Phi) is 2.78. The second kappa shape index (κ2) is 4.77. The number of benzene rings is 2. The van der Waals surface area contributed by atoms with Gasteiger partial charge in [0.1, 0.15) is 0 Å². The Morgan fingerprint density at radius 2 is 2.00 bits per heavy atom. The number of anilines is 2. The van der Waals surface area contributed by atoms with Crippen molar-refractivity contribution in [1.82, 2.24) is 4.98 Å². The monoisotopic (exact) mass is 275 g/mol. The SMILES string of the molecule is Nc1ccc(NCC2Cc3ccccc32)c2ncccc12. The van der Waals surface area contributed by atoms with Crippen LogP contribution >= 0.6 is 0 Å². The lowest BCUT2D eigenvalue weighted by atomic mass is 9.77. The van der Waals surface area contributed by atoms with E-state index in [1.807, 2.05) is 30.5 Å². The molecule has 1 aromatic heterocycles. The molecule has 0 fully saturated rings. The van der Waals surface area contributed by atoms with Gasteiger partial charge in [0, 0.05) is 29.7 Å². The predicted octanol–water partition coefficient (Wildman–Crippen LogP) is 3.57. The van der Waals surface area contributed by atoms with Crippen LogP contribution in [0.5, 0.6) is 0 Å². The van der Waals surface area contributed by atoms with E-state index in [1.54, 1.807) is 0 Å². The van der Waals surface area contributed by atoms with Gasteiger partial charge in [-0.1, -0.05) is 24.3 Å². The summed E-state index contributed by atoms with van der Waals surface area (Å²) < 4.78 is 0. The summed E-state index contributed by atoms with van der Waals surface area (Å²) in [6.45, 7) is 0.937. The number of hydrogen-bond acceptors (Lipinski definition) is 3. The molecule has 1 atom stereocenters. The summed E-state index contributed by atoms with van der Waals surface area (Å²) in [5, 5.41) is 4.55. The molecule has 0 radical (unpaired) electrons. The highest BCUT2D eigenvalue weighted by Crippen LogP contribution is 2.35. The third kappa shape index (κ3) is 2.02. The lowest BCUT2D eigenvalue weighted by Crippen LogP contribution is -2.24. The summed E-state index contributed by atoms with van der Waals surface area (Å²) in [6, 6.07) is 16.6. The molecule has 1 aliphatic rings. The van der Waals surface area contributed by atoms with Crippen molar-refractivity contribution in [3.63, 3.8) is 0 Å². The summed E-state index contributed by atoms with van der Waals surface area (Å²) >= 11 is 0. The topological polar surface area (TPSA) is 50.9 Å². The van der Waals surface area contributed by atoms with Crippen molar-refractivity contribution in [1.29, 1.82) is 0 Å². The summed E-state index contributed by atoms with van der Waals surface area (Å²) in [7, 11) is 0. The molecule has 3 aromatic rings. The molecule has 0 aliphatic heterocycles. The van der Waals surface area contributed by atoms with Crippen molar-refractivity contribution in [2.24, 2.45) is 0 Å². The average Bonchev–Trinajstić information content (AvgIpc) is 2.50. The molecule has 0 saturated heterocycles. The van der Waals surface area contributed by atoms with E-state index >= 15 is 0 Å². The van der Waals surface area contributed by atoms with E-state index in [9.17, 15) is 0 Å². The first-order valence-corrected chi connectivity index (χ1v) is 7.28. The van der Waals surface area contributed by atoms with Gasteiger partial charge < -0.3 is 11.1 Å². The molecule has 3 nitrogen and oxygen atoms in total. The Bertz CT molecular complexity index is 810. The number of hydrogen-bond donors (Lipinski definition) is 2. The maximum absolute atomic E-state index is 6.01. The number of pyridine rings is 1. The second-order valence-electron chi connectivity index (χ2n) is 5.58. The highest BCUT2D eigenvalue weighted by atomic mass is 14.9. The molecule has 4 rings (SSSR count). The van der Waals surface area contributed by atoms with Gasteiger partial charge in [-0.05, 0) is 41.8 Å². The van der Waals surface area contributed by atoms with Gasteiger partial charge in [-0.15, -0.1) is 0 Å². The maximum Gasteiger partial charge on any atom is 0.0953 e. The molecular weight excluding hydrogens is 258 g/mol. The molecule has 21 heavy (non-hydrogen) atoms. The molecular formula is C18H17N3. The number of nitrogens with two attached hydrogens (primary N) is 1. The van der Waals surface area contributed by atoms with E-state index in [0.717, 1.165) is 35.2 Å². The van der Waals surface area contributed by atoms with E-state index in [2.05, 4.69) is 34.6 Å². The Labute approximate surface area is 123 Å². The smallest absolute Gasteiger partial charge is 0.0953 e. The summed E-state index contributed by atoms with van der Waals surface area (Å²) in [6.07, 6.45) is 2.97. The third-order valence-electron chi connectivity index (χ3n) is 4.30. The molecule has 1 unspecified atom stereocenters. The fraction of sp³-hybridized carbons (Fsp3) is 0.167. The van der Waals surface area contributed by atoms with Gasteiger partial charge in [-0.2, -0.15) is 0 Å². The van der Waals surface area contributed by atoms with Gasteiger partial charge in [0.25, 0.3) is 0 Å². The molecule has 0 spiro atoms. The molecule has 0 amide bonds. The van der Waals surface area contributed by atoms with Gasteiger partial charge in [0.15, 0.2) is 0 Å². The number of aromatic nitrogens is 1. The molecule has 1 aliphatic carbocycles. The van der Waals surface area contributed by atoms with Crippen LogP contribution in [0.25, 0.3) is 10.9 Å². The Morgan fingerprint density at radius 3 is 2.90 bits per heavy atom. The van der Waals surface area contributed by atoms with Gasteiger partial charge >= 0.3 is 0 Å². The summed E-state index contributed by atoms with van der Waals surface area (Å²) in [5.41, 5.74) is 11.7. The van der Waals surface area contributed by atoms with Crippen LogP contribution in [-0.2, 0) is 6.42 Å². The van der Waals surface area contributed by atoms with E-state index in [-0.39, 0.29) is 0 Å². The molecule has 3 heteroatoms. The minimum atomic E-state index is 0.595. The third-order valence-corrected chi connectivity index (χ3v) is 4.30. The first-order chi connectivity index (χ1) is 10.3. The molecule has 3 N–H and O–H groups in total. The van der Waals surface area contributed by atoms with E-state index in [0.29, 0.717) is 5.92 Å². The maximum atomic E-state index is 6.01. The molecule has 1 heterocycles. The molecule has 0 bridgehead atoms. The Balaban J connectivity index is 1.58. The standard InChI is InChI=1S/C18H17N3/c19-16-7-8-17(18-15(16)6-3-9-20-18)21-11-13-10-12-4-1-2-5-14(12)13/h1-9,13,21H,10-11,19H2. The summed E-state index contributed by atoms with van der Waals surface area (Å²) in [5.74, 6) is 0.595. The van der Waals surface area contributed by atoms with E-state index in [4.69, 9.17) is 5.73 Å². The highest BCUT2D eigenvalue weighted by Gasteiger charge is 2.25. The number of nitrogen functional groups attached to an aromatic ring is 1. The van der Waals surface area contributed by atoms with Crippen LogP contribution in [0.2, 0.25) is 0 Å². The lowest BCUT2D eigenvalue weighted by Gasteiger charge is -2.30. The zero-order valence-corrected chi connectivity index (χ0v) is 11.7. The first kappa shape index (κ1) is 12.2. The van der Waals surface area contributed by atoms with Crippen LogP contribution in [-0.4, -0.2) is 11.5 Å². The van der Waals surface area contributed by atoms with Gasteiger partial charge in [0.05, 0.1) is 11.2 Å². The quantitative estimate of drug-likeness (QED) is 0.718. The lowest BCUT2D eigenvalue weighted by molar-refractivity contribution is 0.636. The van der Waals surface area contributed by atoms with Crippen molar-refractivity contribution in [2.75, 3.05) is 17.6 Å². The number of rotatable bonds is 3. The first-order valence-electron chi connectivity index (χ1n) is 7.28. The van der Waals surface area contributed by atoms with E-state index in [1.165, 1.54) is 11.1 Å². The van der Waals surface area contributed by atoms with Crippen LogP contribution in [0.4, 0.5) is 11.4 Å². The van der Waals surface area contributed by atoms with Crippen LogP contribution < -0.4 is 11.1 Å². The predicted molar refractivity (Wildman–Crippen MR) is 87.5 cm³/mol. The van der Waals surface area contributed by atoms with Gasteiger partial charge in [-0.3, -0.25) is 4.98 Å². The van der Waals surface area contributed by atoms with Gasteiger partial charge in [0.2, 0.25) is 0 Å². The largest absolute Gasteiger partial charge is 0.398 e. The van der Waals surface area contributed by atoms with Crippen molar-refractivity contribution in [3.8, 4) is 0 Å². The molecule has 104 valence electrons. The minimum Gasteiger partial charge on any atom is -0.398 e. The fourth-order valence-electron chi connectivity index (χ4n) is 3.12. The van der Waals surface area contributed by atoms with Crippen molar-refractivity contribution in [3.05, 3.63) is 65.9 Å². The van der Waals surface area contributed by atoms with Gasteiger partial charge in [-0.25, -0.2) is 0 Å². The minimum absolute atomic E-state index is 0.595. The number of nitrogens with one attached hydrogen (secondary N) is 1. The normalized spacial score (nSPS) is 16.3. The van der Waals surface area contributed by atoms with Crippen LogP contribution in [0.3, 0.4) is 0 Å². The fourth-order valence-corrected chi connectivity index (χ4v) is 3.12. The Hall–Kier alpha value is -2.55. The van der Waals surface area contributed by atoms with Crippen LogP contribution in [0.1, 0.15) is 17.0 Å². The number of fused-ring (bicyclic) bond motifs is 2. The zero-order valence-electron chi connectivity index (χ0n) is 11.7. The Morgan fingerprint density at radius 1 is 1.10 bits per heavy atom. The van der Waals surface area contributed by atoms with Crippen molar-refractivity contribution in [2.45, 2.75) is 12.3 Å². The van der Waals surface area contributed by atoms with Crippen molar-refractivity contribution < 1.29 is 0 Å². The summed E-state index contributed by atoms with van der Waals surface area (Å²) in [4.78, 5) is 4.47.